The zero-order valence-corrected chi connectivity index (χ0v) is 17.8. The molecule has 0 saturated heterocycles. The Morgan fingerprint density at radius 3 is 2.13 bits per heavy atom. The van der Waals surface area contributed by atoms with E-state index >= 15 is 0 Å². The number of carbonyl (C=O) groups is 1. The van der Waals surface area contributed by atoms with E-state index in [1.54, 1.807) is 41.1 Å². The summed E-state index contributed by atoms with van der Waals surface area (Å²) in [5, 5.41) is 4.00. The van der Waals surface area contributed by atoms with Gasteiger partial charge >= 0.3 is 0 Å². The third kappa shape index (κ3) is 4.10. The first-order chi connectivity index (χ1) is 14.4. The molecule has 0 bridgehead atoms. The smallest absolute Gasteiger partial charge is 0.258 e. The summed E-state index contributed by atoms with van der Waals surface area (Å²) in [5.41, 5.74) is 0.795. The van der Waals surface area contributed by atoms with Crippen molar-refractivity contribution in [1.82, 2.24) is 4.57 Å². The Balaban J connectivity index is 2.08. The van der Waals surface area contributed by atoms with E-state index in [4.69, 9.17) is 14.2 Å². The summed E-state index contributed by atoms with van der Waals surface area (Å²) >= 11 is 0. The monoisotopic (exact) mass is 410 g/mol. The molecule has 0 aliphatic rings. The maximum Gasteiger partial charge on any atom is 0.258 e. The van der Waals surface area contributed by atoms with Crippen molar-refractivity contribution >= 4 is 22.4 Å². The lowest BCUT2D eigenvalue weighted by atomic mass is 10.1. The number of carbonyl (C=O) groups excluding carboxylic acids is 1. The highest BCUT2D eigenvalue weighted by Gasteiger charge is 2.18. The van der Waals surface area contributed by atoms with E-state index in [-0.39, 0.29) is 17.4 Å². The molecule has 0 aliphatic heterocycles. The molecule has 3 aromatic rings. The zero-order chi connectivity index (χ0) is 21.8. The summed E-state index contributed by atoms with van der Waals surface area (Å²) in [6, 6.07) is 10.4. The summed E-state index contributed by atoms with van der Waals surface area (Å²) in [7, 11) is 4.54. The molecule has 0 saturated carbocycles. The molecule has 3 rings (SSSR count). The molecule has 30 heavy (non-hydrogen) atoms. The van der Waals surface area contributed by atoms with Gasteiger partial charge in [0.15, 0.2) is 11.5 Å². The second kappa shape index (κ2) is 8.90. The average Bonchev–Trinajstić information content (AvgIpc) is 2.74. The van der Waals surface area contributed by atoms with Crippen LogP contribution in [0.2, 0.25) is 0 Å². The lowest BCUT2D eigenvalue weighted by Crippen LogP contribution is -2.25. The summed E-state index contributed by atoms with van der Waals surface area (Å²) in [6.07, 6.45) is 1.62. The van der Waals surface area contributed by atoms with Crippen LogP contribution in [0.5, 0.6) is 17.2 Å². The van der Waals surface area contributed by atoms with Crippen molar-refractivity contribution in [1.29, 1.82) is 0 Å². The van der Waals surface area contributed by atoms with Gasteiger partial charge in [0.2, 0.25) is 5.75 Å². The third-order valence-corrected chi connectivity index (χ3v) is 4.72. The van der Waals surface area contributed by atoms with E-state index in [9.17, 15) is 9.59 Å². The van der Waals surface area contributed by atoms with Crippen molar-refractivity contribution in [2.24, 2.45) is 5.92 Å². The number of fused-ring (bicyclic) bond motifs is 1. The lowest BCUT2D eigenvalue weighted by Gasteiger charge is -2.16. The SMILES string of the molecule is COc1cc(NC(=O)c2cn(CC(C)C)c(=O)c3ccccc23)cc(OC)c1OC. The predicted octanol–water partition coefficient (Wildman–Crippen LogP) is 3.94. The van der Waals surface area contributed by atoms with Gasteiger partial charge in [-0.15, -0.1) is 0 Å². The second-order valence-corrected chi connectivity index (χ2v) is 7.31. The van der Waals surface area contributed by atoms with E-state index in [1.165, 1.54) is 21.3 Å². The van der Waals surface area contributed by atoms with E-state index in [0.717, 1.165) is 0 Å². The number of rotatable bonds is 7. The van der Waals surface area contributed by atoms with Crippen molar-refractivity contribution in [2.75, 3.05) is 26.6 Å². The molecule has 1 heterocycles. The van der Waals surface area contributed by atoms with Crippen LogP contribution in [-0.4, -0.2) is 31.8 Å². The molecule has 1 N–H and O–H groups in total. The van der Waals surface area contributed by atoms with Crippen LogP contribution >= 0.6 is 0 Å². The summed E-state index contributed by atoms with van der Waals surface area (Å²) in [4.78, 5) is 26.0. The van der Waals surface area contributed by atoms with Crippen molar-refractivity contribution in [2.45, 2.75) is 20.4 Å². The largest absolute Gasteiger partial charge is 0.493 e. The van der Waals surface area contributed by atoms with Crippen molar-refractivity contribution in [3.8, 4) is 17.2 Å². The minimum absolute atomic E-state index is 0.108. The van der Waals surface area contributed by atoms with Gasteiger partial charge in [-0.1, -0.05) is 32.0 Å². The third-order valence-electron chi connectivity index (χ3n) is 4.72. The maximum atomic E-state index is 13.2. The molecule has 158 valence electrons. The number of methoxy groups -OCH3 is 3. The highest BCUT2D eigenvalue weighted by molar-refractivity contribution is 6.12. The van der Waals surface area contributed by atoms with Crippen LogP contribution in [-0.2, 0) is 6.54 Å². The highest BCUT2D eigenvalue weighted by Crippen LogP contribution is 2.40. The normalized spacial score (nSPS) is 10.9. The first kappa shape index (κ1) is 21.2. The van der Waals surface area contributed by atoms with Gasteiger partial charge in [-0.05, 0) is 12.0 Å². The number of nitrogens with one attached hydrogen (secondary N) is 1. The fourth-order valence-corrected chi connectivity index (χ4v) is 3.40. The summed E-state index contributed by atoms with van der Waals surface area (Å²) in [6.45, 7) is 4.57. The minimum Gasteiger partial charge on any atom is -0.493 e. The average molecular weight is 410 g/mol. The lowest BCUT2D eigenvalue weighted by molar-refractivity contribution is 0.102. The quantitative estimate of drug-likeness (QED) is 0.638. The Bertz CT molecular complexity index is 1110. The van der Waals surface area contributed by atoms with Crippen LogP contribution in [0.25, 0.3) is 10.8 Å². The molecular weight excluding hydrogens is 384 g/mol. The van der Waals surface area contributed by atoms with Gasteiger partial charge in [-0.2, -0.15) is 0 Å². The van der Waals surface area contributed by atoms with Gasteiger partial charge in [0.05, 0.1) is 26.9 Å². The molecule has 0 aliphatic carbocycles. The molecule has 0 fully saturated rings. The van der Waals surface area contributed by atoms with Crippen LogP contribution in [0.15, 0.2) is 47.4 Å². The summed E-state index contributed by atoms with van der Waals surface area (Å²) in [5.74, 6) is 1.23. The van der Waals surface area contributed by atoms with Crippen LogP contribution < -0.4 is 25.1 Å². The number of nitrogens with zero attached hydrogens (tertiary/aromatic N) is 1. The second-order valence-electron chi connectivity index (χ2n) is 7.31. The number of pyridine rings is 1. The van der Waals surface area contributed by atoms with Crippen molar-refractivity contribution < 1.29 is 19.0 Å². The van der Waals surface area contributed by atoms with Gasteiger partial charge in [-0.3, -0.25) is 9.59 Å². The van der Waals surface area contributed by atoms with Crippen molar-refractivity contribution in [3.63, 3.8) is 0 Å². The fourth-order valence-electron chi connectivity index (χ4n) is 3.40. The van der Waals surface area contributed by atoms with E-state index in [2.05, 4.69) is 5.32 Å². The molecule has 2 aromatic carbocycles. The van der Waals surface area contributed by atoms with E-state index in [1.807, 2.05) is 19.9 Å². The van der Waals surface area contributed by atoms with Crippen LogP contribution in [0.4, 0.5) is 5.69 Å². The molecule has 0 atom stereocenters. The Labute approximate surface area is 175 Å². The first-order valence-corrected chi connectivity index (χ1v) is 9.63. The number of ether oxygens (including phenoxy) is 3. The standard InChI is InChI=1S/C23H26N2O5/c1-14(2)12-25-13-18(16-8-6-7-9-17(16)23(25)27)22(26)24-15-10-19(28-3)21(30-5)20(11-15)29-4/h6-11,13-14H,12H2,1-5H3,(H,24,26). The van der Waals surface area contributed by atoms with Crippen LogP contribution in [0.3, 0.4) is 0 Å². The Morgan fingerprint density at radius 1 is 1.00 bits per heavy atom. The fraction of sp³-hybridized carbons (Fsp3) is 0.304. The van der Waals surface area contributed by atoms with Gasteiger partial charge in [0.1, 0.15) is 0 Å². The number of hydrogen-bond acceptors (Lipinski definition) is 5. The van der Waals surface area contributed by atoms with Gasteiger partial charge in [0.25, 0.3) is 11.5 Å². The van der Waals surface area contributed by atoms with Gasteiger partial charge in [-0.25, -0.2) is 0 Å². The predicted molar refractivity (Wildman–Crippen MR) is 117 cm³/mol. The number of aromatic nitrogens is 1. The molecule has 0 spiro atoms. The van der Waals surface area contributed by atoms with Gasteiger partial charge < -0.3 is 24.1 Å². The molecule has 0 radical (unpaired) electrons. The topological polar surface area (TPSA) is 78.8 Å². The molecule has 7 heteroatoms. The number of benzene rings is 2. The summed E-state index contributed by atoms with van der Waals surface area (Å²) < 4.78 is 17.6. The molecular formula is C23H26N2O5. The highest BCUT2D eigenvalue weighted by atomic mass is 16.5. The number of amides is 1. The number of anilines is 1. The molecule has 1 aromatic heterocycles. The molecule has 1 amide bonds. The van der Waals surface area contributed by atoms with E-state index < -0.39 is 0 Å². The minimum atomic E-state index is -0.335. The van der Waals surface area contributed by atoms with Crippen LogP contribution in [0, 0.1) is 5.92 Å². The Morgan fingerprint density at radius 2 is 1.60 bits per heavy atom. The first-order valence-electron chi connectivity index (χ1n) is 9.63. The number of hydrogen-bond donors (Lipinski definition) is 1. The Kier molecular flexibility index (Phi) is 6.30. The van der Waals surface area contributed by atoms with Gasteiger partial charge in [0, 0.05) is 41.3 Å². The van der Waals surface area contributed by atoms with E-state index in [0.29, 0.717) is 45.8 Å². The molecule has 7 nitrogen and oxygen atoms in total. The van der Waals surface area contributed by atoms with Crippen LogP contribution in [0.1, 0.15) is 24.2 Å². The molecule has 0 unspecified atom stereocenters. The maximum absolute atomic E-state index is 13.2. The van der Waals surface area contributed by atoms with Crippen molar-refractivity contribution in [3.05, 3.63) is 58.5 Å². The zero-order valence-electron chi connectivity index (χ0n) is 17.8. The Hall–Kier alpha value is -3.48.